The van der Waals surface area contributed by atoms with Gasteiger partial charge < -0.3 is 9.84 Å². The van der Waals surface area contributed by atoms with E-state index in [0.717, 1.165) is 13.2 Å². The van der Waals surface area contributed by atoms with E-state index >= 15 is 0 Å². The Morgan fingerprint density at radius 1 is 1.19 bits per heavy atom. The molecule has 0 aliphatic heterocycles. The van der Waals surface area contributed by atoms with Crippen LogP contribution in [0.1, 0.15) is 13.3 Å². The van der Waals surface area contributed by atoms with Crippen LogP contribution in [0.25, 0.3) is 0 Å². The van der Waals surface area contributed by atoms with Crippen molar-refractivity contribution in [3.8, 4) is 0 Å². The fraction of sp³-hybridized carbons (Fsp3) is 0.167. The predicted molar refractivity (Wildman–Crippen MR) is 66.9 cm³/mol. The zero-order valence-corrected chi connectivity index (χ0v) is 9.78. The average Bonchev–Trinajstić information content (AvgIpc) is 2.24. The number of ether oxygens (including phenoxy) is 1. The van der Waals surface area contributed by atoms with Crippen molar-refractivity contribution in [3.05, 3.63) is 51.8 Å². The number of hydrogen-bond donors (Lipinski definition) is 1. The summed E-state index contributed by atoms with van der Waals surface area (Å²) in [6, 6.07) is 0. The topological polar surface area (TPSA) is 63.6 Å². The minimum atomic E-state index is -0.833. The lowest BCUT2D eigenvalue weighted by Gasteiger charge is -1.89. The van der Waals surface area contributed by atoms with E-state index in [0.29, 0.717) is 0 Å². The molecule has 0 saturated heterocycles. The highest BCUT2D eigenvalue weighted by Crippen LogP contribution is 1.84. The number of carboxylic acid groups (broad SMARTS) is 1. The minimum Gasteiger partial charge on any atom is -0.481 e. The van der Waals surface area contributed by atoms with Crippen molar-refractivity contribution in [2.24, 2.45) is 0 Å². The first-order valence-corrected chi connectivity index (χ1v) is 4.15. The molecule has 0 aliphatic rings. The Kier molecular flexibility index (Phi) is 43.2. The molecule has 0 aromatic heterocycles. The molecule has 0 rings (SSSR count). The van der Waals surface area contributed by atoms with Crippen molar-refractivity contribution >= 4 is 11.9 Å². The Hall–Kier alpha value is -2.10. The molecule has 0 radical (unpaired) electrons. The van der Waals surface area contributed by atoms with Crippen molar-refractivity contribution in [1.29, 1.82) is 0 Å². The van der Waals surface area contributed by atoms with E-state index in [9.17, 15) is 4.79 Å². The molecule has 1 N–H and O–H groups in total. The van der Waals surface area contributed by atoms with Crippen LogP contribution in [0.5, 0.6) is 0 Å². The third-order valence-corrected chi connectivity index (χ3v) is 0.526. The standard InChI is InChI=1S/C6H8O2.C2H4O2.2C2H4/c1-3-5-6(7)8-4-2;1-2(3)4;2*1-2/h3-4H,1-2,5H2;1H3,(H,3,4);2*1-2H2. The summed E-state index contributed by atoms with van der Waals surface area (Å²) in [6.07, 6.45) is 2.82. The molecule has 0 aliphatic carbocycles. The summed E-state index contributed by atoms with van der Waals surface area (Å²) >= 11 is 0. The summed E-state index contributed by atoms with van der Waals surface area (Å²) in [5.74, 6) is -1.16. The highest BCUT2D eigenvalue weighted by molar-refractivity contribution is 5.71. The minimum absolute atomic E-state index is 0.242. The SMILES string of the molecule is C=C.C=C.C=CCC(=O)OC=C.CC(=O)O. The first kappa shape index (κ1) is 23.6. The van der Waals surface area contributed by atoms with Crippen LogP contribution in [0.2, 0.25) is 0 Å². The van der Waals surface area contributed by atoms with E-state index in [-0.39, 0.29) is 12.4 Å². The van der Waals surface area contributed by atoms with Gasteiger partial charge in [0.15, 0.2) is 0 Å². The van der Waals surface area contributed by atoms with Crippen LogP contribution in [0.3, 0.4) is 0 Å². The van der Waals surface area contributed by atoms with Crippen molar-refractivity contribution in [1.82, 2.24) is 0 Å². The molecule has 0 bridgehead atoms. The van der Waals surface area contributed by atoms with Crippen molar-refractivity contribution in [2.45, 2.75) is 13.3 Å². The Balaban J connectivity index is -0.0000000761. The van der Waals surface area contributed by atoms with Crippen LogP contribution < -0.4 is 0 Å². The highest BCUT2D eigenvalue weighted by atomic mass is 16.5. The molecular formula is C12H20O4. The lowest BCUT2D eigenvalue weighted by Crippen LogP contribution is -1.95. The van der Waals surface area contributed by atoms with Crippen LogP contribution >= 0.6 is 0 Å². The second-order valence-electron chi connectivity index (χ2n) is 1.67. The molecule has 0 spiro atoms. The van der Waals surface area contributed by atoms with E-state index in [4.69, 9.17) is 9.90 Å². The largest absolute Gasteiger partial charge is 0.481 e. The van der Waals surface area contributed by atoms with Gasteiger partial charge in [0.05, 0.1) is 12.7 Å². The number of carbonyl (C=O) groups is 2. The zero-order valence-electron chi connectivity index (χ0n) is 9.78. The monoisotopic (exact) mass is 228 g/mol. The molecule has 0 saturated carbocycles. The Bertz CT molecular complexity index is 179. The zero-order chi connectivity index (χ0) is 14.0. The first-order chi connectivity index (χ1) is 7.54. The van der Waals surface area contributed by atoms with Gasteiger partial charge in [0, 0.05) is 6.92 Å². The molecule has 4 heteroatoms. The fourth-order valence-electron chi connectivity index (χ4n) is 0.259. The summed E-state index contributed by atoms with van der Waals surface area (Å²) in [7, 11) is 0. The van der Waals surface area contributed by atoms with Gasteiger partial charge >= 0.3 is 5.97 Å². The summed E-state index contributed by atoms with van der Waals surface area (Å²) in [6.45, 7) is 19.6. The third kappa shape index (κ3) is 93.0. The smallest absolute Gasteiger partial charge is 0.314 e. The van der Waals surface area contributed by atoms with Crippen molar-refractivity contribution < 1.29 is 19.4 Å². The molecule has 0 aromatic rings. The van der Waals surface area contributed by atoms with Crippen LogP contribution in [0.15, 0.2) is 51.8 Å². The summed E-state index contributed by atoms with van der Waals surface area (Å²) in [5.41, 5.74) is 0. The lowest BCUT2D eigenvalue weighted by atomic mass is 10.4. The maximum atomic E-state index is 10.3. The quantitative estimate of drug-likeness (QED) is 0.458. The highest BCUT2D eigenvalue weighted by Gasteiger charge is 1.92. The van der Waals surface area contributed by atoms with E-state index in [1.165, 1.54) is 6.08 Å². The fourth-order valence-corrected chi connectivity index (χ4v) is 0.259. The Morgan fingerprint density at radius 3 is 1.69 bits per heavy atom. The van der Waals surface area contributed by atoms with E-state index in [1.54, 1.807) is 0 Å². The van der Waals surface area contributed by atoms with Crippen molar-refractivity contribution in [2.75, 3.05) is 0 Å². The van der Waals surface area contributed by atoms with E-state index in [1.807, 2.05) is 0 Å². The van der Waals surface area contributed by atoms with E-state index in [2.05, 4.69) is 44.2 Å². The second kappa shape index (κ2) is 29.3. The number of aliphatic carboxylic acids is 1. The van der Waals surface area contributed by atoms with Gasteiger partial charge in [-0.2, -0.15) is 0 Å². The van der Waals surface area contributed by atoms with Crippen LogP contribution in [0, 0.1) is 0 Å². The number of rotatable bonds is 3. The van der Waals surface area contributed by atoms with Gasteiger partial charge in [-0.15, -0.1) is 32.9 Å². The third-order valence-electron chi connectivity index (χ3n) is 0.526. The first-order valence-electron chi connectivity index (χ1n) is 4.15. The molecule has 0 aromatic carbocycles. The van der Waals surface area contributed by atoms with Crippen LogP contribution in [-0.4, -0.2) is 17.0 Å². The van der Waals surface area contributed by atoms with Gasteiger partial charge in [-0.25, -0.2) is 0 Å². The molecular weight excluding hydrogens is 208 g/mol. The van der Waals surface area contributed by atoms with Crippen molar-refractivity contribution in [3.63, 3.8) is 0 Å². The second-order valence-corrected chi connectivity index (χ2v) is 1.67. The van der Waals surface area contributed by atoms with Gasteiger partial charge in [-0.1, -0.05) is 12.7 Å². The van der Waals surface area contributed by atoms with E-state index < -0.39 is 5.97 Å². The van der Waals surface area contributed by atoms with Gasteiger partial charge in [0.1, 0.15) is 0 Å². The molecule has 92 valence electrons. The van der Waals surface area contributed by atoms with Crippen LogP contribution in [0.4, 0.5) is 0 Å². The summed E-state index contributed by atoms with van der Waals surface area (Å²) < 4.78 is 4.34. The number of esters is 1. The number of carboxylic acids is 1. The van der Waals surface area contributed by atoms with Gasteiger partial charge in [0.2, 0.25) is 0 Å². The normalized spacial score (nSPS) is 5.81. The summed E-state index contributed by atoms with van der Waals surface area (Å²) in [5, 5.41) is 7.42. The van der Waals surface area contributed by atoms with Gasteiger partial charge in [0.25, 0.3) is 5.97 Å². The predicted octanol–water partition coefficient (Wildman–Crippen LogP) is 2.94. The average molecular weight is 228 g/mol. The molecule has 4 nitrogen and oxygen atoms in total. The molecule has 16 heavy (non-hydrogen) atoms. The summed E-state index contributed by atoms with van der Waals surface area (Å²) in [4.78, 5) is 19.3. The van der Waals surface area contributed by atoms with Crippen LogP contribution in [-0.2, 0) is 14.3 Å². The lowest BCUT2D eigenvalue weighted by molar-refractivity contribution is -0.137. The Labute approximate surface area is 97.2 Å². The molecule has 0 unspecified atom stereocenters. The maximum Gasteiger partial charge on any atom is 0.314 e. The molecule has 0 fully saturated rings. The van der Waals surface area contributed by atoms with Gasteiger partial charge in [-0.3, -0.25) is 9.59 Å². The molecule has 0 amide bonds. The molecule has 0 heterocycles. The maximum absolute atomic E-state index is 10.3. The Morgan fingerprint density at radius 2 is 1.50 bits per heavy atom. The van der Waals surface area contributed by atoms with Gasteiger partial charge in [-0.05, 0) is 0 Å². The number of carbonyl (C=O) groups excluding carboxylic acids is 1. The number of hydrogen-bond acceptors (Lipinski definition) is 3. The molecule has 0 atom stereocenters.